The first kappa shape index (κ1) is 14.4. The summed E-state index contributed by atoms with van der Waals surface area (Å²) in [6.45, 7) is 4.05. The lowest BCUT2D eigenvalue weighted by atomic mass is 10.0. The van der Waals surface area contributed by atoms with Crippen LogP contribution in [0.4, 0.5) is 0 Å². The fourth-order valence-electron chi connectivity index (χ4n) is 2.12. The SMILES string of the molecule is COc1cccc(Oc2ccc(CC(C)N)cc2C)c1. The Morgan fingerprint density at radius 2 is 1.85 bits per heavy atom. The number of methoxy groups -OCH3 is 1. The van der Waals surface area contributed by atoms with Gasteiger partial charge in [0.15, 0.2) is 0 Å². The molecule has 2 aromatic carbocycles. The van der Waals surface area contributed by atoms with E-state index in [1.54, 1.807) is 7.11 Å². The van der Waals surface area contributed by atoms with Crippen LogP contribution in [0.15, 0.2) is 42.5 Å². The molecule has 1 atom stereocenters. The summed E-state index contributed by atoms with van der Waals surface area (Å²) in [5.41, 5.74) is 8.16. The predicted octanol–water partition coefficient (Wildman–Crippen LogP) is 3.69. The lowest BCUT2D eigenvalue weighted by molar-refractivity contribution is 0.409. The summed E-state index contributed by atoms with van der Waals surface area (Å²) in [5.74, 6) is 2.41. The van der Waals surface area contributed by atoms with Crippen molar-refractivity contribution in [3.8, 4) is 17.2 Å². The summed E-state index contributed by atoms with van der Waals surface area (Å²) in [7, 11) is 1.65. The summed E-state index contributed by atoms with van der Waals surface area (Å²) in [6.07, 6.45) is 0.875. The molecule has 0 aromatic heterocycles. The molecule has 106 valence electrons. The molecule has 0 aliphatic rings. The lowest BCUT2D eigenvalue weighted by Gasteiger charge is -2.12. The minimum atomic E-state index is 0.166. The maximum absolute atomic E-state index is 5.90. The first-order chi connectivity index (χ1) is 9.58. The fourth-order valence-corrected chi connectivity index (χ4v) is 2.12. The highest BCUT2D eigenvalue weighted by Gasteiger charge is 2.05. The molecule has 0 bridgehead atoms. The standard InChI is InChI=1S/C17H21NO2/c1-12-9-14(10-13(2)18)7-8-17(12)20-16-6-4-5-15(11-16)19-3/h4-9,11,13H,10,18H2,1-3H3. The summed E-state index contributed by atoms with van der Waals surface area (Å²) in [6, 6.07) is 13.9. The highest BCUT2D eigenvalue weighted by molar-refractivity contribution is 5.41. The van der Waals surface area contributed by atoms with Gasteiger partial charge in [0.1, 0.15) is 17.2 Å². The quantitative estimate of drug-likeness (QED) is 0.902. The van der Waals surface area contributed by atoms with Crippen LogP contribution in [0.1, 0.15) is 18.1 Å². The van der Waals surface area contributed by atoms with Gasteiger partial charge in [-0.3, -0.25) is 0 Å². The van der Waals surface area contributed by atoms with Crippen LogP contribution < -0.4 is 15.2 Å². The Hall–Kier alpha value is -2.00. The van der Waals surface area contributed by atoms with Crippen molar-refractivity contribution >= 4 is 0 Å². The molecule has 0 spiro atoms. The molecular weight excluding hydrogens is 250 g/mol. The van der Waals surface area contributed by atoms with E-state index in [0.717, 1.165) is 29.2 Å². The van der Waals surface area contributed by atoms with Gasteiger partial charge in [-0.1, -0.05) is 18.2 Å². The van der Waals surface area contributed by atoms with E-state index in [1.807, 2.05) is 44.2 Å². The van der Waals surface area contributed by atoms with Crippen molar-refractivity contribution in [3.05, 3.63) is 53.6 Å². The molecule has 2 N–H and O–H groups in total. The molecule has 3 heteroatoms. The van der Waals surface area contributed by atoms with Gasteiger partial charge in [-0.2, -0.15) is 0 Å². The van der Waals surface area contributed by atoms with Crippen LogP contribution >= 0.6 is 0 Å². The average Bonchev–Trinajstić information content (AvgIpc) is 2.41. The molecule has 2 aromatic rings. The number of ether oxygens (including phenoxy) is 2. The zero-order valence-electron chi connectivity index (χ0n) is 12.2. The van der Waals surface area contributed by atoms with E-state index in [-0.39, 0.29) is 6.04 Å². The Morgan fingerprint density at radius 1 is 1.10 bits per heavy atom. The Balaban J connectivity index is 2.16. The van der Waals surface area contributed by atoms with Crippen LogP contribution in [-0.4, -0.2) is 13.2 Å². The van der Waals surface area contributed by atoms with Crippen LogP contribution in [0.2, 0.25) is 0 Å². The maximum atomic E-state index is 5.90. The van der Waals surface area contributed by atoms with Gasteiger partial charge in [-0.15, -0.1) is 0 Å². The lowest BCUT2D eigenvalue weighted by Crippen LogP contribution is -2.17. The van der Waals surface area contributed by atoms with Crippen molar-refractivity contribution in [1.29, 1.82) is 0 Å². The molecule has 3 nitrogen and oxygen atoms in total. The normalized spacial score (nSPS) is 12.0. The van der Waals surface area contributed by atoms with Crippen LogP contribution in [0, 0.1) is 6.92 Å². The van der Waals surface area contributed by atoms with E-state index in [2.05, 4.69) is 12.1 Å². The molecule has 20 heavy (non-hydrogen) atoms. The van der Waals surface area contributed by atoms with Gasteiger partial charge in [0.25, 0.3) is 0 Å². The van der Waals surface area contributed by atoms with E-state index < -0.39 is 0 Å². The molecule has 0 saturated carbocycles. The summed E-state index contributed by atoms with van der Waals surface area (Å²) in [5, 5.41) is 0. The van der Waals surface area contributed by atoms with Gasteiger partial charge in [-0.25, -0.2) is 0 Å². The molecule has 0 radical (unpaired) electrons. The van der Waals surface area contributed by atoms with E-state index >= 15 is 0 Å². The molecule has 0 heterocycles. The predicted molar refractivity (Wildman–Crippen MR) is 81.6 cm³/mol. The van der Waals surface area contributed by atoms with Gasteiger partial charge in [0.2, 0.25) is 0 Å². The molecule has 2 rings (SSSR count). The topological polar surface area (TPSA) is 44.5 Å². The second kappa shape index (κ2) is 6.44. The highest BCUT2D eigenvalue weighted by atomic mass is 16.5. The van der Waals surface area contributed by atoms with Crippen molar-refractivity contribution in [2.45, 2.75) is 26.3 Å². The molecule has 0 saturated heterocycles. The second-order valence-electron chi connectivity index (χ2n) is 5.06. The number of hydrogen-bond acceptors (Lipinski definition) is 3. The van der Waals surface area contributed by atoms with Crippen molar-refractivity contribution < 1.29 is 9.47 Å². The number of nitrogens with two attached hydrogens (primary N) is 1. The molecule has 1 unspecified atom stereocenters. The smallest absolute Gasteiger partial charge is 0.131 e. The first-order valence-electron chi connectivity index (χ1n) is 6.75. The third kappa shape index (κ3) is 3.75. The Kier molecular flexibility index (Phi) is 4.64. The summed E-state index contributed by atoms with van der Waals surface area (Å²) < 4.78 is 11.1. The Labute approximate surface area is 120 Å². The molecule has 0 aliphatic heterocycles. The number of rotatable bonds is 5. The molecule has 0 aliphatic carbocycles. The fraction of sp³-hybridized carbons (Fsp3) is 0.294. The molecule has 0 fully saturated rings. The van der Waals surface area contributed by atoms with Gasteiger partial charge in [-0.05, 0) is 49.6 Å². The molecular formula is C17H21NO2. The third-order valence-corrected chi connectivity index (χ3v) is 3.07. The zero-order valence-corrected chi connectivity index (χ0v) is 12.2. The van der Waals surface area contributed by atoms with Gasteiger partial charge >= 0.3 is 0 Å². The van der Waals surface area contributed by atoms with Crippen molar-refractivity contribution in [2.75, 3.05) is 7.11 Å². The van der Waals surface area contributed by atoms with E-state index in [1.165, 1.54) is 5.56 Å². The molecule has 0 amide bonds. The van der Waals surface area contributed by atoms with E-state index in [4.69, 9.17) is 15.2 Å². The van der Waals surface area contributed by atoms with Crippen LogP contribution in [0.25, 0.3) is 0 Å². The second-order valence-corrected chi connectivity index (χ2v) is 5.06. The van der Waals surface area contributed by atoms with Gasteiger partial charge in [0.05, 0.1) is 7.11 Å². The average molecular weight is 271 g/mol. The van der Waals surface area contributed by atoms with E-state index in [9.17, 15) is 0 Å². The first-order valence-corrected chi connectivity index (χ1v) is 6.75. The Bertz CT molecular complexity index is 579. The summed E-state index contributed by atoms with van der Waals surface area (Å²) in [4.78, 5) is 0. The minimum absolute atomic E-state index is 0.166. The van der Waals surface area contributed by atoms with Gasteiger partial charge < -0.3 is 15.2 Å². The Morgan fingerprint density at radius 3 is 2.50 bits per heavy atom. The zero-order chi connectivity index (χ0) is 14.5. The number of aryl methyl sites for hydroxylation is 1. The monoisotopic (exact) mass is 271 g/mol. The van der Waals surface area contributed by atoms with Crippen LogP contribution in [0.5, 0.6) is 17.2 Å². The number of benzene rings is 2. The third-order valence-electron chi connectivity index (χ3n) is 3.07. The van der Waals surface area contributed by atoms with Crippen LogP contribution in [-0.2, 0) is 6.42 Å². The minimum Gasteiger partial charge on any atom is -0.497 e. The van der Waals surface area contributed by atoms with Crippen molar-refractivity contribution in [2.24, 2.45) is 5.73 Å². The number of hydrogen-bond donors (Lipinski definition) is 1. The summed E-state index contributed by atoms with van der Waals surface area (Å²) >= 11 is 0. The highest BCUT2D eigenvalue weighted by Crippen LogP contribution is 2.28. The largest absolute Gasteiger partial charge is 0.497 e. The maximum Gasteiger partial charge on any atom is 0.131 e. The van der Waals surface area contributed by atoms with Crippen molar-refractivity contribution in [3.63, 3.8) is 0 Å². The van der Waals surface area contributed by atoms with Crippen LogP contribution in [0.3, 0.4) is 0 Å². The van der Waals surface area contributed by atoms with E-state index in [0.29, 0.717) is 0 Å². The van der Waals surface area contributed by atoms with Gasteiger partial charge in [0, 0.05) is 12.1 Å². The van der Waals surface area contributed by atoms with Crippen molar-refractivity contribution in [1.82, 2.24) is 0 Å².